The van der Waals surface area contributed by atoms with Crippen LogP contribution >= 0.6 is 0 Å². The number of urea groups is 1. The minimum Gasteiger partial charge on any atom is -0.352 e. The Balaban J connectivity index is 1.51. The number of rotatable bonds is 5. The number of anilines is 1. The topological polar surface area (TPSA) is 61.4 Å². The number of hydrogen-bond donors (Lipinski definition) is 2. The van der Waals surface area contributed by atoms with Gasteiger partial charge < -0.3 is 15.5 Å². The van der Waals surface area contributed by atoms with Gasteiger partial charge in [0.1, 0.15) is 5.82 Å². The molecule has 0 unspecified atom stereocenters. The Hall–Kier alpha value is -3.67. The molecule has 0 aromatic heterocycles. The average Bonchev–Trinajstić information content (AvgIpc) is 2.84. The molecule has 0 aliphatic carbocycles. The maximum absolute atomic E-state index is 13.9. The summed E-state index contributed by atoms with van der Waals surface area (Å²) in [5.41, 5.74) is 4.37. The van der Waals surface area contributed by atoms with Gasteiger partial charge in [-0.15, -0.1) is 0 Å². The van der Waals surface area contributed by atoms with Crippen molar-refractivity contribution < 1.29 is 14.0 Å². The molecule has 3 aromatic carbocycles. The minimum absolute atomic E-state index is 0.0655. The van der Waals surface area contributed by atoms with Gasteiger partial charge in [0.15, 0.2) is 0 Å². The number of amides is 3. The molecule has 4 rings (SSSR count). The van der Waals surface area contributed by atoms with Crippen LogP contribution in [0.5, 0.6) is 0 Å². The molecule has 5 nitrogen and oxygen atoms in total. The standard InChI is InChI=1S/C28H30FN3O2/c1-19-7-6-8-21(13-19)16-30-27(33)24-15-23(22-11-12-26(29)20(2)14-22)17-32(18-24)28(34)31-25-9-4-3-5-10-25/h3-14,23-24H,15-18H2,1-2H3,(H,30,33)(H,31,34)/t23-,24-/m1/s1. The number of nitrogens with zero attached hydrogens (tertiary/aromatic N) is 1. The molecule has 2 atom stereocenters. The van der Waals surface area contributed by atoms with Crippen molar-refractivity contribution in [2.45, 2.75) is 32.7 Å². The Morgan fingerprint density at radius 1 is 0.971 bits per heavy atom. The molecule has 3 amide bonds. The second-order valence-corrected chi connectivity index (χ2v) is 9.05. The molecule has 0 spiro atoms. The number of benzene rings is 3. The van der Waals surface area contributed by atoms with Gasteiger partial charge >= 0.3 is 6.03 Å². The number of carbonyl (C=O) groups is 2. The molecule has 2 N–H and O–H groups in total. The number of nitrogens with one attached hydrogen (secondary N) is 2. The number of para-hydroxylation sites is 1. The molecule has 1 heterocycles. The van der Waals surface area contributed by atoms with Crippen molar-refractivity contribution in [1.82, 2.24) is 10.2 Å². The summed E-state index contributed by atoms with van der Waals surface area (Å²) < 4.78 is 13.9. The molecule has 34 heavy (non-hydrogen) atoms. The largest absolute Gasteiger partial charge is 0.352 e. The van der Waals surface area contributed by atoms with Crippen LogP contribution in [0.4, 0.5) is 14.9 Å². The zero-order valence-electron chi connectivity index (χ0n) is 19.6. The van der Waals surface area contributed by atoms with Crippen LogP contribution in [0.3, 0.4) is 0 Å². The van der Waals surface area contributed by atoms with Crippen LogP contribution in [0.15, 0.2) is 72.8 Å². The summed E-state index contributed by atoms with van der Waals surface area (Å²) in [4.78, 5) is 27.9. The van der Waals surface area contributed by atoms with Gasteiger partial charge in [-0.1, -0.05) is 60.2 Å². The Kier molecular flexibility index (Phi) is 7.26. The average molecular weight is 460 g/mol. The Morgan fingerprint density at radius 2 is 1.76 bits per heavy atom. The Labute approximate surface area is 200 Å². The highest BCUT2D eigenvalue weighted by atomic mass is 19.1. The van der Waals surface area contributed by atoms with Crippen molar-refractivity contribution in [2.75, 3.05) is 18.4 Å². The maximum atomic E-state index is 13.9. The number of likely N-dealkylation sites (tertiary alicyclic amines) is 1. The maximum Gasteiger partial charge on any atom is 0.321 e. The summed E-state index contributed by atoms with van der Waals surface area (Å²) in [5, 5.41) is 5.96. The van der Waals surface area contributed by atoms with Crippen LogP contribution in [0.25, 0.3) is 0 Å². The van der Waals surface area contributed by atoms with E-state index in [9.17, 15) is 14.0 Å². The molecule has 1 fully saturated rings. The minimum atomic E-state index is -0.365. The third-order valence-electron chi connectivity index (χ3n) is 6.34. The second kappa shape index (κ2) is 10.5. The van der Waals surface area contributed by atoms with Gasteiger partial charge in [0.2, 0.25) is 5.91 Å². The van der Waals surface area contributed by atoms with Gasteiger partial charge in [-0.2, -0.15) is 0 Å². The lowest BCUT2D eigenvalue weighted by Gasteiger charge is -2.37. The van der Waals surface area contributed by atoms with E-state index in [1.165, 1.54) is 6.07 Å². The third-order valence-corrected chi connectivity index (χ3v) is 6.34. The first-order valence-corrected chi connectivity index (χ1v) is 11.6. The molecule has 0 saturated carbocycles. The molecule has 1 saturated heterocycles. The van der Waals surface area contributed by atoms with Crippen molar-refractivity contribution in [1.29, 1.82) is 0 Å². The fourth-order valence-electron chi connectivity index (χ4n) is 4.50. The fraction of sp³-hybridized carbons (Fsp3) is 0.286. The summed E-state index contributed by atoms with van der Waals surface area (Å²) in [6.45, 7) is 4.98. The molecule has 1 aliphatic rings. The van der Waals surface area contributed by atoms with Crippen LogP contribution < -0.4 is 10.6 Å². The van der Waals surface area contributed by atoms with E-state index in [4.69, 9.17) is 0 Å². The van der Waals surface area contributed by atoms with E-state index in [0.717, 1.165) is 16.7 Å². The van der Waals surface area contributed by atoms with Gasteiger partial charge in [0.25, 0.3) is 0 Å². The first-order chi connectivity index (χ1) is 16.4. The van der Waals surface area contributed by atoms with E-state index in [1.807, 2.05) is 67.6 Å². The summed E-state index contributed by atoms with van der Waals surface area (Å²) >= 11 is 0. The summed E-state index contributed by atoms with van der Waals surface area (Å²) in [6.07, 6.45) is 0.597. The molecule has 6 heteroatoms. The van der Waals surface area contributed by atoms with E-state index in [1.54, 1.807) is 17.9 Å². The highest BCUT2D eigenvalue weighted by Crippen LogP contribution is 2.32. The molecule has 1 aliphatic heterocycles. The van der Waals surface area contributed by atoms with Gasteiger partial charge in [-0.3, -0.25) is 4.79 Å². The fourth-order valence-corrected chi connectivity index (χ4v) is 4.50. The monoisotopic (exact) mass is 459 g/mol. The number of piperidine rings is 1. The summed E-state index contributed by atoms with van der Waals surface area (Å²) in [7, 11) is 0. The lowest BCUT2D eigenvalue weighted by Crippen LogP contribution is -2.49. The van der Waals surface area contributed by atoms with Gasteiger partial charge in [-0.05, 0) is 55.2 Å². The van der Waals surface area contributed by atoms with Crippen LogP contribution in [0, 0.1) is 25.6 Å². The smallest absolute Gasteiger partial charge is 0.321 e. The van der Waals surface area contributed by atoms with E-state index in [2.05, 4.69) is 10.6 Å². The van der Waals surface area contributed by atoms with Crippen molar-refractivity contribution >= 4 is 17.6 Å². The van der Waals surface area contributed by atoms with Crippen LogP contribution in [-0.2, 0) is 11.3 Å². The Bertz CT molecular complexity index is 1170. The highest BCUT2D eigenvalue weighted by Gasteiger charge is 2.34. The lowest BCUT2D eigenvalue weighted by molar-refractivity contribution is -0.126. The zero-order chi connectivity index (χ0) is 24.1. The number of carbonyl (C=O) groups excluding carboxylic acids is 2. The van der Waals surface area contributed by atoms with Crippen molar-refractivity contribution in [3.8, 4) is 0 Å². The first-order valence-electron chi connectivity index (χ1n) is 11.6. The zero-order valence-corrected chi connectivity index (χ0v) is 19.6. The third kappa shape index (κ3) is 5.81. The van der Waals surface area contributed by atoms with Gasteiger partial charge in [-0.25, -0.2) is 9.18 Å². The molecule has 0 bridgehead atoms. The quantitative estimate of drug-likeness (QED) is 0.537. The van der Waals surface area contributed by atoms with E-state index < -0.39 is 0 Å². The molecule has 0 radical (unpaired) electrons. The van der Waals surface area contributed by atoms with Crippen molar-refractivity contribution in [3.63, 3.8) is 0 Å². The van der Waals surface area contributed by atoms with Crippen molar-refractivity contribution in [2.24, 2.45) is 5.92 Å². The van der Waals surface area contributed by atoms with E-state index in [0.29, 0.717) is 37.3 Å². The molecule has 3 aromatic rings. The molecular formula is C28H30FN3O2. The first kappa shape index (κ1) is 23.5. The van der Waals surface area contributed by atoms with E-state index in [-0.39, 0.29) is 29.6 Å². The summed E-state index contributed by atoms with van der Waals surface area (Å²) in [6, 6.07) is 22.1. The highest BCUT2D eigenvalue weighted by molar-refractivity contribution is 5.90. The number of halogens is 1. The van der Waals surface area contributed by atoms with Gasteiger partial charge in [0.05, 0.1) is 5.92 Å². The molecular weight excluding hydrogens is 429 g/mol. The normalized spacial score (nSPS) is 17.8. The second-order valence-electron chi connectivity index (χ2n) is 9.05. The number of hydrogen-bond acceptors (Lipinski definition) is 2. The summed E-state index contributed by atoms with van der Waals surface area (Å²) in [5.74, 6) is -0.770. The SMILES string of the molecule is Cc1cccc(CNC(=O)[C@@H]2C[C@@H](c3ccc(F)c(C)c3)CN(C(=O)Nc3ccccc3)C2)c1. The van der Waals surface area contributed by atoms with Gasteiger partial charge in [0, 0.05) is 31.2 Å². The van der Waals surface area contributed by atoms with Crippen LogP contribution in [0.2, 0.25) is 0 Å². The van der Waals surface area contributed by atoms with Crippen LogP contribution in [-0.4, -0.2) is 29.9 Å². The molecule has 176 valence electrons. The van der Waals surface area contributed by atoms with E-state index >= 15 is 0 Å². The predicted molar refractivity (Wildman–Crippen MR) is 132 cm³/mol. The Morgan fingerprint density at radius 3 is 2.50 bits per heavy atom. The number of aryl methyl sites for hydroxylation is 2. The van der Waals surface area contributed by atoms with Crippen molar-refractivity contribution in [3.05, 3.63) is 101 Å². The predicted octanol–water partition coefficient (Wildman–Crippen LogP) is 5.40. The van der Waals surface area contributed by atoms with Crippen LogP contribution in [0.1, 0.15) is 34.6 Å². The lowest BCUT2D eigenvalue weighted by atomic mass is 9.83.